The van der Waals surface area contributed by atoms with Gasteiger partial charge in [0, 0.05) is 31.6 Å². The maximum atomic E-state index is 11.7. The van der Waals surface area contributed by atoms with E-state index in [9.17, 15) is 19.2 Å². The summed E-state index contributed by atoms with van der Waals surface area (Å²) < 4.78 is 4.99. The Kier molecular flexibility index (Phi) is 15.0. The summed E-state index contributed by atoms with van der Waals surface area (Å²) in [7, 11) is 1.87. The van der Waals surface area contributed by atoms with Gasteiger partial charge in [-0.1, -0.05) is 39.8 Å². The number of benzene rings is 1. The van der Waals surface area contributed by atoms with Gasteiger partial charge in [-0.05, 0) is 36.5 Å². The Balaban J connectivity index is 0.000000618. The molecule has 0 fully saturated rings. The van der Waals surface area contributed by atoms with E-state index in [1.807, 2.05) is 52.1 Å². The molecule has 0 radical (unpaired) electrons. The van der Waals surface area contributed by atoms with Crippen LogP contribution in [0, 0.1) is 11.8 Å². The first-order valence-corrected chi connectivity index (χ1v) is 10.9. The maximum Gasteiger partial charge on any atom is 0.312 e. The lowest BCUT2D eigenvalue weighted by molar-refractivity contribution is -0.144. The molecule has 0 aliphatic heterocycles. The number of nitrogens with one attached hydrogen (secondary N) is 3. The van der Waals surface area contributed by atoms with E-state index < -0.39 is 12.1 Å². The Bertz CT molecular complexity index is 707. The molecule has 1 aromatic carbocycles. The lowest BCUT2D eigenvalue weighted by atomic mass is 9.97. The zero-order valence-electron chi connectivity index (χ0n) is 19.8. The lowest BCUT2D eigenvalue weighted by Crippen LogP contribution is -2.41. The number of esters is 1. The number of ether oxygens (including phenoxy) is 1. The molecule has 0 aliphatic carbocycles. The van der Waals surface area contributed by atoms with Gasteiger partial charge >= 0.3 is 12.0 Å². The maximum absolute atomic E-state index is 11.7. The second-order valence-corrected chi connectivity index (χ2v) is 7.68. The van der Waals surface area contributed by atoms with Crippen molar-refractivity contribution in [3.63, 3.8) is 0 Å². The van der Waals surface area contributed by atoms with Crippen molar-refractivity contribution >= 4 is 29.9 Å². The number of rotatable bonds is 12. The largest absolute Gasteiger partial charge is 0.461 e. The molecule has 0 bridgehead atoms. The molecule has 0 spiro atoms. The van der Waals surface area contributed by atoms with E-state index in [2.05, 4.69) is 16.0 Å². The number of carbonyl (C=O) groups is 4. The van der Waals surface area contributed by atoms with Gasteiger partial charge in [-0.3, -0.25) is 9.59 Å². The molecule has 1 unspecified atom stereocenters. The second-order valence-electron chi connectivity index (χ2n) is 7.68. The van der Waals surface area contributed by atoms with Crippen LogP contribution in [0.4, 0.5) is 10.5 Å². The predicted molar refractivity (Wildman–Crippen MR) is 125 cm³/mol. The van der Waals surface area contributed by atoms with Gasteiger partial charge < -0.3 is 31.2 Å². The van der Waals surface area contributed by atoms with E-state index >= 15 is 0 Å². The third-order valence-electron chi connectivity index (χ3n) is 4.83. The molecule has 3 amide bonds. The summed E-state index contributed by atoms with van der Waals surface area (Å²) in [6.45, 7) is 8.28. The van der Waals surface area contributed by atoms with Gasteiger partial charge in [0.15, 0.2) is 0 Å². The number of urea groups is 1. The molecule has 0 saturated heterocycles. The minimum absolute atomic E-state index is 0.120. The average Bonchev–Trinajstić information content (AvgIpc) is 2.79. The first-order chi connectivity index (χ1) is 15.1. The Hall–Kier alpha value is -3.10. The van der Waals surface area contributed by atoms with Gasteiger partial charge in [0.2, 0.25) is 5.91 Å². The average molecular weight is 451 g/mol. The molecule has 2 atom stereocenters. The topological polar surface area (TPSA) is 140 Å². The summed E-state index contributed by atoms with van der Waals surface area (Å²) in [5.41, 5.74) is 6.96. The third-order valence-corrected chi connectivity index (χ3v) is 4.83. The Labute approximate surface area is 190 Å². The molecule has 1 aromatic rings. The minimum Gasteiger partial charge on any atom is -0.461 e. The summed E-state index contributed by atoms with van der Waals surface area (Å²) in [6.07, 6.45) is 2.22. The smallest absolute Gasteiger partial charge is 0.312 e. The highest BCUT2D eigenvalue weighted by Crippen LogP contribution is 2.10. The molecule has 0 heterocycles. The van der Waals surface area contributed by atoms with Crippen LogP contribution in [0.15, 0.2) is 24.3 Å². The van der Waals surface area contributed by atoms with Crippen LogP contribution in [0.5, 0.6) is 0 Å². The molecule has 180 valence electrons. The van der Waals surface area contributed by atoms with Crippen molar-refractivity contribution in [1.29, 1.82) is 0 Å². The number of amides is 3. The van der Waals surface area contributed by atoms with Gasteiger partial charge in [-0.15, -0.1) is 0 Å². The summed E-state index contributed by atoms with van der Waals surface area (Å²) in [6, 6.07) is 6.69. The molecular weight excluding hydrogens is 412 g/mol. The van der Waals surface area contributed by atoms with Gasteiger partial charge in [0.05, 0.1) is 6.04 Å². The quantitative estimate of drug-likeness (QED) is 0.219. The molecule has 9 nitrogen and oxygen atoms in total. The van der Waals surface area contributed by atoms with Crippen LogP contribution >= 0.6 is 0 Å². The summed E-state index contributed by atoms with van der Waals surface area (Å²) in [5.74, 6) is -0.183. The Morgan fingerprint density at radius 2 is 1.75 bits per heavy atom. The van der Waals surface area contributed by atoms with Crippen LogP contribution < -0.4 is 21.7 Å². The molecule has 9 heteroatoms. The summed E-state index contributed by atoms with van der Waals surface area (Å²) in [5, 5.41) is 8.14. The van der Waals surface area contributed by atoms with E-state index in [1.165, 1.54) is 0 Å². The molecule has 1 rings (SSSR count). The summed E-state index contributed by atoms with van der Waals surface area (Å²) >= 11 is 0. The molecule has 0 aromatic heterocycles. The molecule has 0 saturated carbocycles. The number of nitrogens with two attached hydrogens (primary N) is 1. The van der Waals surface area contributed by atoms with Crippen LogP contribution in [0.3, 0.4) is 0 Å². The van der Waals surface area contributed by atoms with Crippen molar-refractivity contribution in [3.05, 3.63) is 29.8 Å². The van der Waals surface area contributed by atoms with Crippen molar-refractivity contribution in [2.45, 2.75) is 59.6 Å². The third kappa shape index (κ3) is 13.3. The minimum atomic E-state index is -0.588. The number of aldehydes is 1. The van der Waals surface area contributed by atoms with Gasteiger partial charge in [0.1, 0.15) is 12.9 Å². The fraction of sp³-hybridized carbons (Fsp3) is 0.565. The first-order valence-electron chi connectivity index (χ1n) is 10.9. The van der Waals surface area contributed by atoms with E-state index in [0.29, 0.717) is 32.4 Å². The molecular formula is C23H38N4O5. The molecule has 32 heavy (non-hydrogen) atoms. The van der Waals surface area contributed by atoms with Gasteiger partial charge in [-0.2, -0.15) is 0 Å². The van der Waals surface area contributed by atoms with Crippen molar-refractivity contribution in [2.75, 3.05) is 18.9 Å². The predicted octanol–water partition coefficient (Wildman–Crippen LogP) is 2.59. The Morgan fingerprint density at radius 1 is 1.12 bits per heavy atom. The van der Waals surface area contributed by atoms with E-state index in [1.54, 1.807) is 6.92 Å². The zero-order valence-corrected chi connectivity index (χ0v) is 19.8. The molecule has 0 aliphatic rings. The van der Waals surface area contributed by atoms with Gasteiger partial charge in [-0.25, -0.2) is 4.79 Å². The van der Waals surface area contributed by atoms with E-state index in [-0.39, 0.29) is 23.7 Å². The highest BCUT2D eigenvalue weighted by molar-refractivity contribution is 5.81. The fourth-order valence-electron chi connectivity index (χ4n) is 2.36. The van der Waals surface area contributed by atoms with E-state index in [4.69, 9.17) is 10.5 Å². The van der Waals surface area contributed by atoms with Crippen molar-refractivity contribution < 1.29 is 23.9 Å². The van der Waals surface area contributed by atoms with Crippen LogP contribution in [-0.4, -0.2) is 43.8 Å². The van der Waals surface area contributed by atoms with E-state index in [0.717, 1.165) is 17.5 Å². The number of hydrogen-bond donors (Lipinski definition) is 4. The van der Waals surface area contributed by atoms with Crippen LogP contribution in [0.1, 0.15) is 52.5 Å². The van der Waals surface area contributed by atoms with Crippen molar-refractivity contribution in [3.8, 4) is 0 Å². The Morgan fingerprint density at radius 3 is 2.22 bits per heavy atom. The fourth-order valence-corrected chi connectivity index (χ4v) is 2.36. The van der Waals surface area contributed by atoms with Crippen molar-refractivity contribution in [2.24, 2.45) is 17.6 Å². The highest BCUT2D eigenvalue weighted by atomic mass is 16.5. The number of anilines is 1. The first kappa shape index (κ1) is 28.9. The number of carbonyl (C=O) groups excluding carboxylic acids is 4. The number of hydrogen-bond acceptors (Lipinski definition) is 6. The van der Waals surface area contributed by atoms with Crippen LogP contribution in [-0.2, 0) is 25.7 Å². The SMILES string of the molecule is CC(C)[C@H](C)C(=O)NC(C=O)CCCNC(N)=O.CCC(=O)OCc1ccc(NC)cc1. The highest BCUT2D eigenvalue weighted by Gasteiger charge is 2.19. The standard InChI is InChI=1S/C12H23N3O3.C11H15NO2/c1-8(2)9(3)11(17)15-10(7-16)5-4-6-14-12(13)18;1-3-11(13)14-8-9-4-6-10(12-2)7-5-9/h7-10H,4-6H2,1-3H3,(H,15,17)(H3,13,14,18);4-7,12H,3,8H2,1-2H3/t9-,10?;/m0./s1. The lowest BCUT2D eigenvalue weighted by Gasteiger charge is -2.18. The van der Waals surface area contributed by atoms with Gasteiger partial charge in [0.25, 0.3) is 0 Å². The normalized spacial score (nSPS) is 11.9. The second kappa shape index (κ2) is 16.6. The summed E-state index contributed by atoms with van der Waals surface area (Å²) in [4.78, 5) is 43.9. The zero-order chi connectivity index (χ0) is 24.5. The molecule has 5 N–H and O–H groups in total. The van der Waals surface area contributed by atoms with Crippen LogP contribution in [0.25, 0.3) is 0 Å². The van der Waals surface area contributed by atoms with Crippen LogP contribution in [0.2, 0.25) is 0 Å². The monoisotopic (exact) mass is 450 g/mol. The number of primary amides is 1. The van der Waals surface area contributed by atoms with Crippen molar-refractivity contribution in [1.82, 2.24) is 10.6 Å².